The molecule has 1 radical (unpaired) electrons. The molecule has 4 aromatic heterocycles. The SMILES string of the molecule is CC(C)(C)Cc1cc(-c2[c-]ccc(C(C)(C)C)c2)nc[c]1[Ge]([CH3])([CH3])[CH3].CC(C)c1ccc2c(n1)oc1c(-c3cc(CC4CCCC4)c(C(C)C)cn3)[c-]ccc12.[Ir]. The van der Waals surface area contributed by atoms with Gasteiger partial charge in [0.1, 0.15) is 0 Å². The summed E-state index contributed by atoms with van der Waals surface area (Å²) in [6.45, 7) is 22.5. The Kier molecular flexibility index (Phi) is 14.2. The molecular formula is C51H65GeIrN3O-2. The maximum absolute atomic E-state index is 6.30. The first-order chi connectivity index (χ1) is 26.3. The van der Waals surface area contributed by atoms with Crippen molar-refractivity contribution in [2.75, 3.05) is 0 Å². The first kappa shape index (κ1) is 45.0. The van der Waals surface area contributed by atoms with Crippen LogP contribution >= 0.6 is 0 Å². The summed E-state index contributed by atoms with van der Waals surface area (Å²) in [4.78, 5) is 14.5. The van der Waals surface area contributed by atoms with E-state index in [9.17, 15) is 0 Å². The van der Waals surface area contributed by atoms with E-state index in [0.29, 0.717) is 17.5 Å². The third-order valence-electron chi connectivity index (χ3n) is 11.3. The summed E-state index contributed by atoms with van der Waals surface area (Å²) in [7, 11) is 0. The van der Waals surface area contributed by atoms with Crippen LogP contribution in [0.1, 0.15) is 135 Å². The van der Waals surface area contributed by atoms with Crippen molar-refractivity contribution in [1.82, 2.24) is 15.0 Å². The molecule has 6 aromatic rings. The largest absolute Gasteiger partial charge is 0.486 e. The van der Waals surface area contributed by atoms with E-state index in [0.717, 1.165) is 63.3 Å². The Morgan fingerprint density at radius 2 is 1.44 bits per heavy atom. The van der Waals surface area contributed by atoms with Crippen LogP contribution < -0.4 is 4.40 Å². The van der Waals surface area contributed by atoms with Crippen molar-refractivity contribution in [3.63, 3.8) is 0 Å². The number of aromatic nitrogens is 3. The minimum atomic E-state index is -1.95. The summed E-state index contributed by atoms with van der Waals surface area (Å²) in [6.07, 6.45) is 11.9. The third-order valence-corrected chi connectivity index (χ3v) is 15.6. The zero-order chi connectivity index (χ0) is 40.6. The molecule has 0 unspecified atom stereocenters. The van der Waals surface area contributed by atoms with E-state index in [1.165, 1.54) is 52.3 Å². The van der Waals surface area contributed by atoms with Gasteiger partial charge in [0.25, 0.3) is 0 Å². The summed E-state index contributed by atoms with van der Waals surface area (Å²) in [5.74, 6) is 9.01. The van der Waals surface area contributed by atoms with Crippen molar-refractivity contribution in [2.45, 2.75) is 142 Å². The van der Waals surface area contributed by atoms with Crippen molar-refractivity contribution in [1.29, 1.82) is 0 Å². The summed E-state index contributed by atoms with van der Waals surface area (Å²) >= 11 is -1.95. The van der Waals surface area contributed by atoms with Crippen LogP contribution in [0.2, 0.25) is 17.3 Å². The molecule has 0 saturated heterocycles. The molecule has 305 valence electrons. The maximum atomic E-state index is 6.30. The van der Waals surface area contributed by atoms with Gasteiger partial charge in [0.15, 0.2) is 0 Å². The normalized spacial score (nSPS) is 14.0. The second-order valence-corrected chi connectivity index (χ2v) is 30.7. The van der Waals surface area contributed by atoms with Crippen LogP contribution in [0, 0.1) is 23.5 Å². The zero-order valence-corrected chi connectivity index (χ0v) is 41.4. The van der Waals surface area contributed by atoms with E-state index in [1.807, 2.05) is 12.1 Å². The fraction of sp³-hybridized carbons (Fsp3) is 0.471. The molecular weight excluding hydrogens is 935 g/mol. The van der Waals surface area contributed by atoms with Crippen molar-refractivity contribution < 1.29 is 24.5 Å². The van der Waals surface area contributed by atoms with Gasteiger partial charge in [0.2, 0.25) is 5.71 Å². The summed E-state index contributed by atoms with van der Waals surface area (Å²) in [5.41, 5.74) is 12.7. The van der Waals surface area contributed by atoms with Gasteiger partial charge >= 0.3 is 158 Å². The minimum absolute atomic E-state index is 0. The van der Waals surface area contributed by atoms with Gasteiger partial charge in [-0.1, -0.05) is 70.4 Å². The molecule has 1 aliphatic carbocycles. The molecule has 0 spiro atoms. The fourth-order valence-corrected chi connectivity index (χ4v) is 11.4. The number of nitrogens with zero attached hydrogens (tertiary/aromatic N) is 3. The van der Waals surface area contributed by atoms with E-state index in [2.05, 4.69) is 153 Å². The van der Waals surface area contributed by atoms with E-state index >= 15 is 0 Å². The van der Waals surface area contributed by atoms with Gasteiger partial charge in [0, 0.05) is 37.4 Å². The number of fused-ring (bicyclic) bond motifs is 3. The van der Waals surface area contributed by atoms with Gasteiger partial charge in [-0.05, 0) is 53.1 Å². The quantitative estimate of drug-likeness (QED) is 0.113. The molecule has 57 heavy (non-hydrogen) atoms. The van der Waals surface area contributed by atoms with Crippen LogP contribution in [0.25, 0.3) is 44.6 Å². The molecule has 0 atom stereocenters. The van der Waals surface area contributed by atoms with E-state index in [1.54, 1.807) is 0 Å². The van der Waals surface area contributed by atoms with E-state index in [4.69, 9.17) is 19.4 Å². The summed E-state index contributed by atoms with van der Waals surface area (Å²) in [6, 6.07) is 26.2. The second-order valence-electron chi connectivity index (χ2n) is 20.2. The number of hydrogen-bond donors (Lipinski definition) is 0. The molecule has 0 amide bonds. The predicted molar refractivity (Wildman–Crippen MR) is 241 cm³/mol. The van der Waals surface area contributed by atoms with Crippen molar-refractivity contribution in [2.24, 2.45) is 11.3 Å². The van der Waals surface area contributed by atoms with Gasteiger partial charge in [-0.3, -0.25) is 0 Å². The van der Waals surface area contributed by atoms with Gasteiger partial charge in [-0.15, -0.1) is 18.2 Å². The molecule has 4 heterocycles. The molecule has 6 heteroatoms. The summed E-state index contributed by atoms with van der Waals surface area (Å²) < 4.78 is 7.83. The Bertz CT molecular complexity index is 2300. The zero-order valence-electron chi connectivity index (χ0n) is 36.9. The number of benzene rings is 2. The van der Waals surface area contributed by atoms with E-state index < -0.39 is 13.3 Å². The van der Waals surface area contributed by atoms with E-state index in [-0.39, 0.29) is 30.9 Å². The second kappa shape index (κ2) is 18.0. The first-order valence-electron chi connectivity index (χ1n) is 21.0. The van der Waals surface area contributed by atoms with Crippen LogP contribution in [-0.2, 0) is 38.4 Å². The topological polar surface area (TPSA) is 51.8 Å². The monoisotopic (exact) mass is 1000 g/mol. The van der Waals surface area contributed by atoms with Crippen LogP contribution in [-0.4, -0.2) is 28.2 Å². The Hall–Kier alpha value is -3.12. The van der Waals surface area contributed by atoms with Crippen LogP contribution in [0.4, 0.5) is 0 Å². The molecule has 0 N–H and O–H groups in total. The van der Waals surface area contributed by atoms with Crippen LogP contribution in [0.5, 0.6) is 0 Å². The molecule has 0 aliphatic heterocycles. The fourth-order valence-electron chi connectivity index (χ4n) is 8.13. The Balaban J connectivity index is 0.000000219. The van der Waals surface area contributed by atoms with Gasteiger partial charge in [0.05, 0.1) is 5.58 Å². The molecule has 2 aromatic carbocycles. The van der Waals surface area contributed by atoms with Crippen molar-refractivity contribution in [3.8, 4) is 22.5 Å². The molecule has 0 bridgehead atoms. The van der Waals surface area contributed by atoms with Gasteiger partial charge in [-0.2, -0.15) is 0 Å². The number of rotatable bonds is 8. The number of furan rings is 1. The molecule has 1 aliphatic rings. The van der Waals surface area contributed by atoms with Gasteiger partial charge in [-0.25, -0.2) is 4.98 Å². The number of hydrogen-bond acceptors (Lipinski definition) is 4. The van der Waals surface area contributed by atoms with Crippen LogP contribution in [0.15, 0.2) is 71.4 Å². The standard InChI is InChI=1S/C28H31N2O.C23H34GeN.Ir/c1-17(2)24-16-29-26(15-20(24)14-19-8-5-6-9-19)23-11-7-10-21-22-12-13-25(18(3)4)30-28(22)31-27(21)23;1-22(2,3)15-18-14-21(25-16-20(18)24(7,8)9)17-11-10-12-19(13-17)23(4,5)6;/h7,10,12-13,15-19H,5-6,8-9,14H2,1-4H3;10,12-14,16H,15H2,1-9H3;/q2*-1;. The third kappa shape index (κ3) is 10.9. The van der Waals surface area contributed by atoms with Crippen LogP contribution in [0.3, 0.4) is 0 Å². The van der Waals surface area contributed by atoms with Crippen molar-refractivity contribution >= 4 is 39.7 Å². The molecule has 7 rings (SSSR count). The Morgan fingerprint density at radius 3 is 2.07 bits per heavy atom. The molecule has 1 saturated carbocycles. The average molecular weight is 1000 g/mol. The predicted octanol–water partition coefficient (Wildman–Crippen LogP) is 13.8. The first-order valence-corrected chi connectivity index (χ1v) is 28.4. The maximum Gasteiger partial charge on any atom is 0.216 e. The molecule has 4 nitrogen and oxygen atoms in total. The number of pyridine rings is 3. The molecule has 1 fully saturated rings. The van der Waals surface area contributed by atoms with Crippen molar-refractivity contribution in [3.05, 3.63) is 107 Å². The average Bonchev–Trinajstić information content (AvgIpc) is 3.77. The Morgan fingerprint density at radius 1 is 0.772 bits per heavy atom. The summed E-state index contributed by atoms with van der Waals surface area (Å²) in [5, 5.41) is 2.14. The Labute approximate surface area is 360 Å². The smallest absolute Gasteiger partial charge is 0.216 e. The minimum Gasteiger partial charge on any atom is -0.486 e. The van der Waals surface area contributed by atoms with Gasteiger partial charge < -0.3 is 9.40 Å².